The van der Waals surface area contributed by atoms with E-state index in [0.717, 1.165) is 11.1 Å². The predicted molar refractivity (Wildman–Crippen MR) is 301 cm³/mol. The summed E-state index contributed by atoms with van der Waals surface area (Å²) in [5, 5.41) is 51.0. The number of carbonyl (C=O) groups is 13. The van der Waals surface area contributed by atoms with Crippen molar-refractivity contribution >= 4 is 82.9 Å². The minimum Gasteiger partial charge on any atom is -0.481 e. The van der Waals surface area contributed by atoms with Crippen molar-refractivity contribution in [2.45, 2.75) is 172 Å². The van der Waals surface area contributed by atoms with Crippen LogP contribution < -0.4 is 76.5 Å². The lowest BCUT2D eigenvalue weighted by atomic mass is 9.77. The number of aliphatic hydroxyl groups is 1. The van der Waals surface area contributed by atoms with Crippen molar-refractivity contribution in [2.75, 3.05) is 19.7 Å². The highest BCUT2D eigenvalue weighted by Crippen LogP contribution is 2.29. The number of nitrogens with two attached hydrogens (primary N) is 5. The summed E-state index contributed by atoms with van der Waals surface area (Å²) in [6, 6.07) is -5.32. The molecule has 0 heterocycles. The molecule has 22 N–H and O–H groups in total. The molecule has 1 unspecified atom stereocenters. The molecule has 1 aliphatic carbocycles. The van der Waals surface area contributed by atoms with Gasteiger partial charge in [-0.3, -0.25) is 62.5 Å². The zero-order valence-corrected chi connectivity index (χ0v) is 48.2. The Morgan fingerprint density at radius 2 is 1.14 bits per heavy atom. The van der Waals surface area contributed by atoms with Gasteiger partial charge in [0.15, 0.2) is 5.96 Å². The Morgan fingerprint density at radius 1 is 0.619 bits per heavy atom. The van der Waals surface area contributed by atoms with Crippen molar-refractivity contribution < 1.29 is 77.6 Å². The molecule has 0 radical (unpaired) electrons. The fourth-order valence-electron chi connectivity index (χ4n) is 8.88. The van der Waals surface area contributed by atoms with E-state index in [0.29, 0.717) is 12.8 Å². The molecular weight excluding hydrogens is 1100 g/mol. The Bertz CT molecular complexity index is 2560. The summed E-state index contributed by atoms with van der Waals surface area (Å²) in [4.78, 5) is 175. The minimum atomic E-state index is -1.84. The van der Waals surface area contributed by atoms with Gasteiger partial charge in [-0.1, -0.05) is 78.6 Å². The molecule has 84 heavy (non-hydrogen) atoms. The molecule has 0 bridgehead atoms. The molecule has 1 aromatic carbocycles. The first-order valence-electron chi connectivity index (χ1n) is 27.6. The summed E-state index contributed by atoms with van der Waals surface area (Å²) < 4.78 is 0. The lowest BCUT2D eigenvalue weighted by Crippen LogP contribution is -2.64. The van der Waals surface area contributed by atoms with E-state index in [4.69, 9.17) is 28.7 Å². The normalized spacial score (nSPS) is 17.1. The maximum atomic E-state index is 14.3. The largest absolute Gasteiger partial charge is 0.481 e. The minimum absolute atomic E-state index is 0.0121. The topological polar surface area (TPSA) is 533 Å². The Kier molecular flexibility index (Phi) is 29.7. The van der Waals surface area contributed by atoms with E-state index in [2.05, 4.69) is 52.8 Å². The standard InChI is InChI=1S/C53H85N15O16/c1-7-27(5)41(66-39(72)24-60-51(84)53(68-43(75)31(54)21-40(73)74)18-17-29-12-9-10-13-30(29)23-53)48(80)63-34(20-26(3)4)45(77)61-32(15-16-37(55)70)44(76)67-42(28(6)8-2)49(81)64-35(22-38(56)71)46(78)65-36(25-69)47(79)62-33(50(82)83)14-11-19-59-52(57)58/h9-10,12-13,26-28,31-36,41-42,69H,7-8,11,14-25,54H2,1-6H3,(H2,55,70)(H2,56,71)(H,60,84)(H,61,77)(H,62,79)(H,63,80)(H,64,81)(H,65,78)(H,66,72)(H,67,76)(H,68,75)(H,73,74)(H,82,83)(H4,57,58,59)/t27-,28-,31-,32-,33-,34-,35-,36-,41-,42-,53?/m0/s1. The first-order chi connectivity index (χ1) is 39.4. The van der Waals surface area contributed by atoms with Gasteiger partial charge in [0.2, 0.25) is 65.0 Å². The number of nitrogens with one attached hydrogen (secondary N) is 9. The molecule has 0 saturated heterocycles. The molecule has 0 fully saturated rings. The Hall–Kier alpha value is -8.48. The van der Waals surface area contributed by atoms with Gasteiger partial charge in [0.05, 0.1) is 32.0 Å². The predicted octanol–water partition coefficient (Wildman–Crippen LogP) is -5.25. The number of amides is 11. The zero-order chi connectivity index (χ0) is 63.6. The highest BCUT2D eigenvalue weighted by atomic mass is 16.4. The number of carbonyl (C=O) groups excluding carboxylic acids is 11. The number of aliphatic carboxylic acids is 2. The van der Waals surface area contributed by atoms with Crippen LogP contribution >= 0.6 is 0 Å². The van der Waals surface area contributed by atoms with E-state index < -0.39 is 181 Å². The quantitative estimate of drug-likeness (QED) is 0.0168. The molecule has 1 aromatic rings. The van der Waals surface area contributed by atoms with Crippen LogP contribution in [0.15, 0.2) is 29.3 Å². The van der Waals surface area contributed by atoms with E-state index in [1.165, 1.54) is 6.92 Å². The number of hydrogen-bond acceptors (Lipinski definition) is 16. The van der Waals surface area contributed by atoms with Gasteiger partial charge in [0.25, 0.3) is 0 Å². The molecular formula is C53H85N15O16. The zero-order valence-electron chi connectivity index (χ0n) is 48.2. The third kappa shape index (κ3) is 23.8. The van der Waals surface area contributed by atoms with Crippen molar-refractivity contribution in [3.05, 3.63) is 35.4 Å². The molecule has 2 rings (SSSR count). The van der Waals surface area contributed by atoms with Gasteiger partial charge in [-0.25, -0.2) is 4.79 Å². The van der Waals surface area contributed by atoms with Crippen LogP contribution in [0, 0.1) is 17.8 Å². The summed E-state index contributed by atoms with van der Waals surface area (Å²) in [6.45, 7) is 8.29. The maximum absolute atomic E-state index is 14.3. The van der Waals surface area contributed by atoms with Crippen LogP contribution in [-0.2, 0) is 75.2 Å². The molecule has 31 nitrogen and oxygen atoms in total. The van der Waals surface area contributed by atoms with E-state index in [9.17, 15) is 77.6 Å². The van der Waals surface area contributed by atoms with Gasteiger partial charge in [-0.05, 0) is 67.4 Å². The van der Waals surface area contributed by atoms with Gasteiger partial charge in [0, 0.05) is 19.4 Å². The number of nitrogens with zero attached hydrogens (tertiary/aromatic N) is 1. The first-order valence-corrected chi connectivity index (χ1v) is 27.6. The smallest absolute Gasteiger partial charge is 0.326 e. The monoisotopic (exact) mass is 1190 g/mol. The van der Waals surface area contributed by atoms with E-state index in [1.54, 1.807) is 46.8 Å². The van der Waals surface area contributed by atoms with Crippen molar-refractivity contribution in [2.24, 2.45) is 51.4 Å². The van der Waals surface area contributed by atoms with Crippen LogP contribution in [0.5, 0.6) is 0 Å². The van der Waals surface area contributed by atoms with Gasteiger partial charge in [-0.15, -0.1) is 0 Å². The van der Waals surface area contributed by atoms with Crippen LogP contribution in [0.2, 0.25) is 0 Å². The van der Waals surface area contributed by atoms with Crippen LogP contribution in [0.1, 0.15) is 117 Å². The molecule has 11 amide bonds. The summed E-state index contributed by atoms with van der Waals surface area (Å²) >= 11 is 0. The number of guanidine groups is 1. The number of hydrogen-bond donors (Lipinski definition) is 17. The van der Waals surface area contributed by atoms with Gasteiger partial charge in [0.1, 0.15) is 47.8 Å². The second kappa shape index (κ2) is 34.8. The Balaban J connectivity index is 2.35. The maximum Gasteiger partial charge on any atom is 0.326 e. The number of carboxylic acid groups (broad SMARTS) is 2. The van der Waals surface area contributed by atoms with Crippen LogP contribution in [0.4, 0.5) is 0 Å². The average Bonchev–Trinajstić information content (AvgIpc) is 3.13. The highest BCUT2D eigenvalue weighted by molar-refractivity contribution is 6.00. The van der Waals surface area contributed by atoms with Gasteiger partial charge in [-0.2, -0.15) is 0 Å². The number of primary amides is 2. The SMILES string of the molecule is CC[C@H](C)[C@H](NC(=O)CNC(=O)C1(NC(=O)[C@@H](N)CC(=O)O)CCc2ccccc2C1)C(=O)N[C@@H](CC(C)C)C(=O)N[C@@H](CCC(N)=O)C(=O)N[C@H](C(=O)N[C@@H](CC(N)=O)C(=O)N[C@@H](CO)C(=O)N[C@@H](CCCN=C(N)N)C(=O)O)[C@@H](C)CC. The molecule has 11 atom stereocenters. The number of rotatable bonds is 37. The fraction of sp³-hybridized carbons (Fsp3) is 0.623. The van der Waals surface area contributed by atoms with Crippen molar-refractivity contribution in [1.82, 2.24) is 47.9 Å². The second-order valence-corrected chi connectivity index (χ2v) is 21.3. The van der Waals surface area contributed by atoms with Gasteiger partial charge >= 0.3 is 11.9 Å². The van der Waals surface area contributed by atoms with Crippen LogP contribution in [0.3, 0.4) is 0 Å². The van der Waals surface area contributed by atoms with Crippen LogP contribution in [0.25, 0.3) is 0 Å². The molecule has 468 valence electrons. The third-order valence-corrected chi connectivity index (χ3v) is 14.0. The fourth-order valence-corrected chi connectivity index (χ4v) is 8.88. The summed E-state index contributed by atoms with van der Waals surface area (Å²) in [7, 11) is 0. The van der Waals surface area contributed by atoms with Crippen LogP contribution in [-0.4, -0.2) is 172 Å². The molecule has 0 aromatic heterocycles. The highest BCUT2D eigenvalue weighted by Gasteiger charge is 2.44. The molecule has 0 saturated carbocycles. The second-order valence-electron chi connectivity index (χ2n) is 21.3. The third-order valence-electron chi connectivity index (χ3n) is 14.0. The van der Waals surface area contributed by atoms with E-state index in [-0.39, 0.29) is 56.9 Å². The molecule has 31 heteroatoms. The van der Waals surface area contributed by atoms with Gasteiger partial charge < -0.3 is 91.8 Å². The molecule has 1 aliphatic rings. The Morgan fingerprint density at radius 3 is 1.68 bits per heavy atom. The average molecular weight is 1190 g/mol. The van der Waals surface area contributed by atoms with Crippen molar-refractivity contribution in [3.63, 3.8) is 0 Å². The number of benzene rings is 1. The Labute approximate surface area is 486 Å². The number of aliphatic hydroxyl groups excluding tert-OH is 1. The number of carboxylic acids is 2. The summed E-state index contributed by atoms with van der Waals surface area (Å²) in [6.07, 6.45) is -1.64. The lowest BCUT2D eigenvalue weighted by Gasteiger charge is -2.38. The van der Waals surface area contributed by atoms with Crippen molar-refractivity contribution in [3.8, 4) is 0 Å². The summed E-state index contributed by atoms with van der Waals surface area (Å²) in [5.41, 5.74) is 27.3. The first kappa shape index (κ1) is 71.6. The van der Waals surface area contributed by atoms with E-state index in [1.807, 2.05) is 12.1 Å². The summed E-state index contributed by atoms with van der Waals surface area (Å²) in [5.74, 6) is -15.4. The number of fused-ring (bicyclic) bond motifs is 1. The molecule has 0 aliphatic heterocycles. The number of aliphatic imine (C=N–C) groups is 1. The van der Waals surface area contributed by atoms with E-state index >= 15 is 0 Å². The molecule has 0 spiro atoms. The lowest BCUT2D eigenvalue weighted by molar-refractivity contribution is -0.143. The number of aryl methyl sites for hydroxylation is 1. The van der Waals surface area contributed by atoms with Crippen molar-refractivity contribution in [1.29, 1.82) is 0 Å².